The number of thioether (sulfide) groups is 1. The van der Waals surface area contributed by atoms with Gasteiger partial charge in [-0.25, -0.2) is 8.42 Å². The Hall–Kier alpha value is -2.14. The summed E-state index contributed by atoms with van der Waals surface area (Å²) in [6.07, 6.45) is 4.15. The fourth-order valence-electron chi connectivity index (χ4n) is 3.79. The Morgan fingerprint density at radius 1 is 1.28 bits per heavy atom. The number of sulfone groups is 1. The minimum absolute atomic E-state index is 0.0707. The van der Waals surface area contributed by atoms with Crippen LogP contribution in [0.3, 0.4) is 0 Å². The van der Waals surface area contributed by atoms with Gasteiger partial charge < -0.3 is 14.5 Å². The van der Waals surface area contributed by atoms with Gasteiger partial charge in [-0.15, -0.1) is 10.2 Å². The van der Waals surface area contributed by atoms with Gasteiger partial charge in [0.25, 0.3) is 5.91 Å². The third kappa shape index (κ3) is 4.25. The highest BCUT2D eigenvalue weighted by Gasteiger charge is 2.32. The molecule has 2 aliphatic rings. The van der Waals surface area contributed by atoms with E-state index in [9.17, 15) is 18.0 Å². The molecule has 1 atom stereocenters. The summed E-state index contributed by atoms with van der Waals surface area (Å²) in [7, 11) is -1.21. The van der Waals surface area contributed by atoms with Crippen molar-refractivity contribution in [3.63, 3.8) is 0 Å². The molecular formula is C18H23N5O4S2. The maximum atomic E-state index is 12.5. The fraction of sp³-hybridized carbons (Fsp3) is 0.556. The summed E-state index contributed by atoms with van der Waals surface area (Å²) in [6.45, 7) is 1.52. The first kappa shape index (κ1) is 20.1. The van der Waals surface area contributed by atoms with Crippen LogP contribution in [0.1, 0.15) is 51.9 Å². The Labute approximate surface area is 173 Å². The predicted molar refractivity (Wildman–Crippen MR) is 108 cm³/mol. The van der Waals surface area contributed by atoms with Crippen molar-refractivity contribution in [1.29, 1.82) is 0 Å². The number of ketones is 1. The summed E-state index contributed by atoms with van der Waals surface area (Å²) >= 11 is 1.25. The van der Waals surface area contributed by atoms with Gasteiger partial charge in [0.05, 0.1) is 17.3 Å². The monoisotopic (exact) mass is 437 g/mol. The van der Waals surface area contributed by atoms with Crippen molar-refractivity contribution >= 4 is 33.3 Å². The molecule has 1 amide bonds. The second-order valence-electron chi connectivity index (χ2n) is 7.51. The van der Waals surface area contributed by atoms with Gasteiger partial charge in [0, 0.05) is 37.8 Å². The van der Waals surface area contributed by atoms with E-state index >= 15 is 0 Å². The second-order valence-corrected chi connectivity index (χ2v) is 10.7. The fourth-order valence-corrected chi connectivity index (χ4v) is 6.34. The van der Waals surface area contributed by atoms with E-state index in [2.05, 4.69) is 15.2 Å². The van der Waals surface area contributed by atoms with Crippen LogP contribution in [0.15, 0.2) is 17.4 Å². The molecule has 4 heterocycles. The summed E-state index contributed by atoms with van der Waals surface area (Å²) in [5, 5.41) is 8.84. The van der Waals surface area contributed by atoms with E-state index in [-0.39, 0.29) is 34.9 Å². The number of aromatic amines is 1. The number of nitrogens with zero attached hydrogens (tertiary/aromatic N) is 4. The van der Waals surface area contributed by atoms with E-state index in [4.69, 9.17) is 0 Å². The SMILES string of the molecule is Cn1c(SCC(=O)c2c[nH]c(C(=O)N3CCCC3)c2)nnc1[C@@H]1CCS(=O)(=O)C1. The Kier molecular flexibility index (Phi) is 5.52. The Morgan fingerprint density at radius 3 is 2.72 bits per heavy atom. The van der Waals surface area contributed by atoms with Crippen LogP contribution in [0.4, 0.5) is 0 Å². The second kappa shape index (κ2) is 7.94. The van der Waals surface area contributed by atoms with Crippen molar-refractivity contribution in [1.82, 2.24) is 24.6 Å². The number of Topliss-reactive ketones (excluding diaryl/α,β-unsaturated/α-hetero) is 1. The highest BCUT2D eigenvalue weighted by atomic mass is 32.2. The molecule has 0 bridgehead atoms. The summed E-state index contributed by atoms with van der Waals surface area (Å²) < 4.78 is 25.2. The summed E-state index contributed by atoms with van der Waals surface area (Å²) in [5.41, 5.74) is 0.896. The summed E-state index contributed by atoms with van der Waals surface area (Å²) in [6, 6.07) is 1.61. The summed E-state index contributed by atoms with van der Waals surface area (Å²) in [4.78, 5) is 29.6. The molecule has 2 fully saturated rings. The van der Waals surface area contributed by atoms with Crippen molar-refractivity contribution in [2.24, 2.45) is 7.05 Å². The molecule has 1 N–H and O–H groups in total. The van der Waals surface area contributed by atoms with Crippen LogP contribution < -0.4 is 0 Å². The number of carbonyl (C=O) groups excluding carboxylic acids is 2. The molecule has 0 unspecified atom stereocenters. The molecule has 29 heavy (non-hydrogen) atoms. The van der Waals surface area contributed by atoms with Gasteiger partial charge in [0.2, 0.25) is 0 Å². The van der Waals surface area contributed by atoms with Crippen molar-refractivity contribution in [3.05, 3.63) is 29.3 Å². The number of carbonyl (C=O) groups is 2. The molecule has 9 nitrogen and oxygen atoms in total. The molecule has 0 radical (unpaired) electrons. The van der Waals surface area contributed by atoms with E-state index in [1.165, 1.54) is 11.8 Å². The predicted octanol–water partition coefficient (Wildman–Crippen LogP) is 1.26. The quantitative estimate of drug-likeness (QED) is 0.534. The van der Waals surface area contributed by atoms with E-state index in [0.717, 1.165) is 25.9 Å². The maximum Gasteiger partial charge on any atom is 0.270 e. The minimum Gasteiger partial charge on any atom is -0.356 e. The molecule has 0 saturated carbocycles. The minimum atomic E-state index is -3.00. The molecule has 156 valence electrons. The Bertz CT molecular complexity index is 1040. The number of likely N-dealkylation sites (tertiary alicyclic amines) is 1. The Balaban J connectivity index is 1.37. The first-order chi connectivity index (χ1) is 13.8. The van der Waals surface area contributed by atoms with Gasteiger partial charge in [-0.3, -0.25) is 9.59 Å². The van der Waals surface area contributed by atoms with Crippen LogP contribution in [0.2, 0.25) is 0 Å². The molecule has 4 rings (SSSR count). The molecule has 11 heteroatoms. The van der Waals surface area contributed by atoms with Crippen LogP contribution in [-0.2, 0) is 16.9 Å². The van der Waals surface area contributed by atoms with Gasteiger partial charge in [0.1, 0.15) is 11.5 Å². The number of hydrogen-bond donors (Lipinski definition) is 1. The number of aromatic nitrogens is 4. The van der Waals surface area contributed by atoms with Crippen molar-refractivity contribution in [2.75, 3.05) is 30.3 Å². The smallest absolute Gasteiger partial charge is 0.270 e. The lowest BCUT2D eigenvalue weighted by molar-refractivity contribution is 0.0787. The van der Waals surface area contributed by atoms with Crippen LogP contribution >= 0.6 is 11.8 Å². The lowest BCUT2D eigenvalue weighted by Crippen LogP contribution is -2.27. The molecule has 2 aromatic rings. The molecule has 2 saturated heterocycles. The zero-order valence-electron chi connectivity index (χ0n) is 16.1. The largest absolute Gasteiger partial charge is 0.356 e. The van der Waals surface area contributed by atoms with E-state index in [0.29, 0.717) is 28.7 Å². The van der Waals surface area contributed by atoms with Gasteiger partial charge in [-0.2, -0.15) is 0 Å². The standard InChI is InChI=1S/C18H23N5O4S2/c1-22-16(12-4-7-29(26,27)11-12)20-21-18(22)28-10-15(24)13-8-14(19-9-13)17(25)23-5-2-3-6-23/h8-9,12,19H,2-7,10-11H2,1H3/t12-/m1/s1. The lowest BCUT2D eigenvalue weighted by atomic mass is 10.1. The Morgan fingerprint density at radius 2 is 2.03 bits per heavy atom. The van der Waals surface area contributed by atoms with Crippen molar-refractivity contribution in [3.8, 4) is 0 Å². The zero-order valence-corrected chi connectivity index (χ0v) is 17.8. The van der Waals surface area contributed by atoms with Crippen LogP contribution in [0.5, 0.6) is 0 Å². The summed E-state index contributed by atoms with van der Waals surface area (Å²) in [5.74, 6) is 0.743. The number of H-pyrrole nitrogens is 1. The van der Waals surface area contributed by atoms with Crippen molar-refractivity contribution in [2.45, 2.75) is 30.3 Å². The average molecular weight is 438 g/mol. The van der Waals surface area contributed by atoms with E-state index in [1.807, 2.05) is 0 Å². The highest BCUT2D eigenvalue weighted by molar-refractivity contribution is 7.99. The average Bonchev–Trinajstić information content (AvgIpc) is 3.47. The third-order valence-electron chi connectivity index (χ3n) is 5.43. The molecule has 2 aromatic heterocycles. The topological polar surface area (TPSA) is 118 Å². The van der Waals surface area contributed by atoms with E-state index < -0.39 is 9.84 Å². The van der Waals surface area contributed by atoms with Crippen molar-refractivity contribution < 1.29 is 18.0 Å². The number of rotatable bonds is 6. The molecule has 2 aliphatic heterocycles. The number of hydrogen-bond acceptors (Lipinski definition) is 7. The zero-order chi connectivity index (χ0) is 20.6. The highest BCUT2D eigenvalue weighted by Crippen LogP contribution is 2.29. The molecular weight excluding hydrogens is 414 g/mol. The van der Waals surface area contributed by atoms with Crippen LogP contribution in [0, 0.1) is 0 Å². The molecule has 0 aromatic carbocycles. The molecule has 0 aliphatic carbocycles. The number of amides is 1. The van der Waals surface area contributed by atoms with E-state index in [1.54, 1.807) is 28.8 Å². The van der Waals surface area contributed by atoms with Gasteiger partial charge in [0.15, 0.2) is 20.8 Å². The maximum absolute atomic E-state index is 12.5. The van der Waals surface area contributed by atoms with Gasteiger partial charge in [-0.1, -0.05) is 11.8 Å². The van der Waals surface area contributed by atoms with Gasteiger partial charge in [-0.05, 0) is 25.3 Å². The first-order valence-electron chi connectivity index (χ1n) is 9.57. The van der Waals surface area contributed by atoms with Gasteiger partial charge >= 0.3 is 0 Å². The normalized spacial score (nSPS) is 21.0. The third-order valence-corrected chi connectivity index (χ3v) is 8.22. The number of nitrogens with one attached hydrogen (secondary N) is 1. The van der Waals surface area contributed by atoms with Crippen LogP contribution in [0.25, 0.3) is 0 Å². The molecule has 0 spiro atoms. The lowest BCUT2D eigenvalue weighted by Gasteiger charge is -2.13. The van der Waals surface area contributed by atoms with Crippen LogP contribution in [-0.4, -0.2) is 75.1 Å². The first-order valence-corrected chi connectivity index (χ1v) is 12.4.